The van der Waals surface area contributed by atoms with Crippen LogP contribution in [-0.4, -0.2) is 28.6 Å². The van der Waals surface area contributed by atoms with Gasteiger partial charge in [0.25, 0.3) is 0 Å². The summed E-state index contributed by atoms with van der Waals surface area (Å²) in [5.41, 5.74) is 1.76. The Kier molecular flexibility index (Phi) is 5.73. The smallest absolute Gasteiger partial charge is 0.395 e. The number of amides is 1. The maximum atomic E-state index is 12.4. The number of hydrogen-bond acceptors (Lipinski definition) is 6. The Morgan fingerprint density at radius 2 is 2.19 bits per heavy atom. The van der Waals surface area contributed by atoms with E-state index in [1.54, 1.807) is 6.07 Å². The van der Waals surface area contributed by atoms with E-state index in [1.807, 2.05) is 24.5 Å². The monoisotopic (exact) mass is 409 g/mol. The minimum atomic E-state index is -0.705. The SMILES string of the molecule is CCOCCn1c(=NC(=O)c2ccc([N+](=O)[O-])o2)sc2ccc(Cl)c(C)c21. The number of nitrogens with zero attached hydrogens (tertiary/aromatic N) is 3. The number of hydrogen-bond donors (Lipinski definition) is 0. The van der Waals surface area contributed by atoms with Crippen molar-refractivity contribution in [3.63, 3.8) is 0 Å². The summed E-state index contributed by atoms with van der Waals surface area (Å²) in [5.74, 6) is -1.38. The van der Waals surface area contributed by atoms with Crippen LogP contribution in [0.1, 0.15) is 23.0 Å². The molecule has 0 bridgehead atoms. The highest BCUT2D eigenvalue weighted by Gasteiger charge is 2.18. The van der Waals surface area contributed by atoms with Gasteiger partial charge in [0.2, 0.25) is 5.76 Å². The zero-order valence-electron chi connectivity index (χ0n) is 14.6. The van der Waals surface area contributed by atoms with Gasteiger partial charge in [0, 0.05) is 18.2 Å². The summed E-state index contributed by atoms with van der Waals surface area (Å²) >= 11 is 7.57. The van der Waals surface area contributed by atoms with Crippen molar-refractivity contribution < 1.29 is 18.9 Å². The van der Waals surface area contributed by atoms with E-state index in [0.29, 0.717) is 29.6 Å². The number of halogens is 1. The molecule has 27 heavy (non-hydrogen) atoms. The molecule has 2 heterocycles. The molecule has 0 spiro atoms. The van der Waals surface area contributed by atoms with Gasteiger partial charge < -0.3 is 13.7 Å². The number of thiazole rings is 1. The van der Waals surface area contributed by atoms with Gasteiger partial charge in [0.05, 0.1) is 22.9 Å². The van der Waals surface area contributed by atoms with Gasteiger partial charge in [-0.05, 0) is 37.6 Å². The van der Waals surface area contributed by atoms with Crippen molar-refractivity contribution in [1.29, 1.82) is 0 Å². The first kappa shape index (κ1) is 19.3. The van der Waals surface area contributed by atoms with Gasteiger partial charge >= 0.3 is 11.8 Å². The fraction of sp³-hybridized carbons (Fsp3) is 0.294. The average molecular weight is 410 g/mol. The van der Waals surface area contributed by atoms with E-state index in [0.717, 1.165) is 21.8 Å². The summed E-state index contributed by atoms with van der Waals surface area (Å²) < 4.78 is 13.2. The van der Waals surface area contributed by atoms with Crippen LogP contribution in [0.25, 0.3) is 10.2 Å². The molecule has 142 valence electrons. The first-order valence-corrected chi connectivity index (χ1v) is 9.31. The molecular weight excluding hydrogens is 394 g/mol. The van der Waals surface area contributed by atoms with Gasteiger partial charge in [0.1, 0.15) is 4.92 Å². The summed E-state index contributed by atoms with van der Waals surface area (Å²) in [6.07, 6.45) is 0. The van der Waals surface area contributed by atoms with Crippen molar-refractivity contribution >= 4 is 44.9 Å². The molecule has 0 aliphatic carbocycles. The minimum Gasteiger partial charge on any atom is -0.395 e. The zero-order valence-corrected chi connectivity index (χ0v) is 16.2. The molecule has 0 atom stereocenters. The second kappa shape index (κ2) is 8.03. The normalized spacial score (nSPS) is 12.0. The highest BCUT2D eigenvalue weighted by Crippen LogP contribution is 2.27. The molecule has 0 saturated heterocycles. The molecule has 0 N–H and O–H groups in total. The highest BCUT2D eigenvalue weighted by molar-refractivity contribution is 7.16. The van der Waals surface area contributed by atoms with E-state index in [1.165, 1.54) is 17.4 Å². The quantitative estimate of drug-likeness (QED) is 0.348. The molecule has 0 saturated carbocycles. The van der Waals surface area contributed by atoms with Gasteiger partial charge in [-0.2, -0.15) is 4.99 Å². The van der Waals surface area contributed by atoms with E-state index in [9.17, 15) is 14.9 Å². The molecular formula is C17H16ClN3O5S. The lowest BCUT2D eigenvalue weighted by atomic mass is 10.2. The Morgan fingerprint density at radius 3 is 2.85 bits per heavy atom. The van der Waals surface area contributed by atoms with E-state index in [2.05, 4.69) is 4.99 Å². The standard InChI is InChI=1S/C17H16ClN3O5S/c1-3-25-9-8-20-15-10(2)11(18)4-6-13(15)27-17(20)19-16(22)12-5-7-14(26-12)21(23)24/h4-7H,3,8-9H2,1-2H3. The van der Waals surface area contributed by atoms with Crippen LogP contribution in [0.4, 0.5) is 5.88 Å². The third-order valence-corrected chi connectivity index (χ3v) is 5.33. The number of nitro groups is 1. The fourth-order valence-corrected chi connectivity index (χ4v) is 3.86. The summed E-state index contributed by atoms with van der Waals surface area (Å²) in [6.45, 7) is 5.30. The molecule has 3 rings (SSSR count). The Bertz CT molecular complexity index is 1080. The maximum Gasteiger partial charge on any atom is 0.433 e. The fourth-order valence-electron chi connectivity index (χ4n) is 2.59. The van der Waals surface area contributed by atoms with Crippen molar-refractivity contribution in [3.8, 4) is 0 Å². The Balaban J connectivity index is 2.09. The molecule has 0 fully saturated rings. The Morgan fingerprint density at radius 1 is 1.41 bits per heavy atom. The first-order chi connectivity index (χ1) is 12.9. The number of carbonyl (C=O) groups is 1. The van der Waals surface area contributed by atoms with Gasteiger partial charge in [-0.15, -0.1) is 0 Å². The number of aryl methyl sites for hydroxylation is 1. The van der Waals surface area contributed by atoms with Crippen molar-refractivity contribution in [2.45, 2.75) is 20.4 Å². The molecule has 3 aromatic rings. The van der Waals surface area contributed by atoms with Gasteiger partial charge in [0.15, 0.2) is 4.80 Å². The highest BCUT2D eigenvalue weighted by atomic mass is 35.5. The average Bonchev–Trinajstić information content (AvgIpc) is 3.24. The largest absolute Gasteiger partial charge is 0.433 e. The second-order valence-electron chi connectivity index (χ2n) is 5.56. The number of ether oxygens (including phenoxy) is 1. The molecule has 2 aromatic heterocycles. The van der Waals surface area contributed by atoms with Gasteiger partial charge in [-0.25, -0.2) is 0 Å². The summed E-state index contributed by atoms with van der Waals surface area (Å²) in [5, 5.41) is 11.3. The van der Waals surface area contributed by atoms with Gasteiger partial charge in [-0.3, -0.25) is 14.9 Å². The third-order valence-electron chi connectivity index (χ3n) is 3.87. The van der Waals surface area contributed by atoms with Crippen LogP contribution in [0.5, 0.6) is 0 Å². The molecule has 8 nitrogen and oxygen atoms in total. The predicted octanol–water partition coefficient (Wildman–Crippen LogP) is 3.94. The van der Waals surface area contributed by atoms with Gasteiger partial charge in [-0.1, -0.05) is 22.9 Å². The van der Waals surface area contributed by atoms with E-state index >= 15 is 0 Å². The van der Waals surface area contributed by atoms with Crippen molar-refractivity contribution in [2.75, 3.05) is 13.2 Å². The number of benzene rings is 1. The number of furan rings is 1. The number of carbonyl (C=O) groups excluding carboxylic acids is 1. The first-order valence-electron chi connectivity index (χ1n) is 8.11. The zero-order chi connectivity index (χ0) is 19.6. The molecule has 0 aliphatic rings. The third kappa shape index (κ3) is 3.95. The molecule has 0 aliphatic heterocycles. The topological polar surface area (TPSA) is 99.9 Å². The lowest BCUT2D eigenvalue weighted by Gasteiger charge is -2.08. The van der Waals surface area contributed by atoms with E-state index < -0.39 is 16.7 Å². The second-order valence-corrected chi connectivity index (χ2v) is 6.98. The van der Waals surface area contributed by atoms with E-state index in [4.69, 9.17) is 20.8 Å². The van der Waals surface area contributed by atoms with Crippen LogP contribution in [0, 0.1) is 17.0 Å². The Hall–Kier alpha value is -2.49. The van der Waals surface area contributed by atoms with Crippen molar-refractivity contribution in [2.24, 2.45) is 4.99 Å². The number of rotatable bonds is 6. The molecule has 10 heteroatoms. The minimum absolute atomic E-state index is 0.190. The predicted molar refractivity (Wildman–Crippen MR) is 101 cm³/mol. The summed E-state index contributed by atoms with van der Waals surface area (Å²) in [4.78, 5) is 27.0. The van der Waals surface area contributed by atoms with Crippen LogP contribution in [0.3, 0.4) is 0 Å². The van der Waals surface area contributed by atoms with Crippen LogP contribution < -0.4 is 4.80 Å². The van der Waals surface area contributed by atoms with Crippen LogP contribution in [-0.2, 0) is 11.3 Å². The van der Waals surface area contributed by atoms with Crippen LogP contribution in [0.15, 0.2) is 33.7 Å². The Labute approximate surface area is 162 Å². The number of aromatic nitrogens is 1. The maximum absolute atomic E-state index is 12.4. The van der Waals surface area contributed by atoms with Crippen molar-refractivity contribution in [1.82, 2.24) is 4.57 Å². The summed E-state index contributed by atoms with van der Waals surface area (Å²) in [7, 11) is 0. The lowest BCUT2D eigenvalue weighted by molar-refractivity contribution is -0.402. The summed E-state index contributed by atoms with van der Waals surface area (Å²) in [6, 6.07) is 6.03. The lowest BCUT2D eigenvalue weighted by Crippen LogP contribution is -2.20. The molecule has 1 amide bonds. The number of fused-ring (bicyclic) bond motifs is 1. The van der Waals surface area contributed by atoms with Crippen LogP contribution in [0.2, 0.25) is 5.02 Å². The molecule has 1 aromatic carbocycles. The van der Waals surface area contributed by atoms with Crippen molar-refractivity contribution in [3.05, 3.63) is 55.5 Å². The van der Waals surface area contributed by atoms with E-state index in [-0.39, 0.29) is 5.76 Å². The molecule has 0 radical (unpaired) electrons. The van der Waals surface area contributed by atoms with Crippen LogP contribution >= 0.6 is 22.9 Å². The molecule has 0 unspecified atom stereocenters.